The molecule has 0 bridgehead atoms. The fourth-order valence-corrected chi connectivity index (χ4v) is 4.40. The molecule has 0 aliphatic carbocycles. The third-order valence-corrected chi connectivity index (χ3v) is 5.61. The van der Waals surface area contributed by atoms with Gasteiger partial charge in [0.15, 0.2) is 0 Å². The SMILES string of the molecule is CCOC(=O)c1ccc2c(c1)[C@@H]1OCC[C@@H]1[C@H](c1ccc(Cl)cc1Cl)N2. The summed E-state index contributed by atoms with van der Waals surface area (Å²) in [6, 6.07) is 11.2. The van der Waals surface area contributed by atoms with E-state index in [9.17, 15) is 4.79 Å². The van der Waals surface area contributed by atoms with Crippen LogP contribution in [0.2, 0.25) is 10.0 Å². The van der Waals surface area contributed by atoms with Crippen molar-refractivity contribution >= 4 is 34.9 Å². The van der Waals surface area contributed by atoms with Crippen LogP contribution in [-0.2, 0) is 9.47 Å². The molecule has 1 fully saturated rings. The lowest BCUT2D eigenvalue weighted by Crippen LogP contribution is -2.29. The molecule has 1 saturated heterocycles. The van der Waals surface area contributed by atoms with Gasteiger partial charge in [0.25, 0.3) is 0 Å². The van der Waals surface area contributed by atoms with Crippen LogP contribution in [0.4, 0.5) is 5.69 Å². The quantitative estimate of drug-likeness (QED) is 0.710. The molecule has 2 aliphatic heterocycles. The van der Waals surface area contributed by atoms with E-state index in [4.69, 9.17) is 32.7 Å². The third-order valence-electron chi connectivity index (χ3n) is 5.04. The molecule has 6 heteroatoms. The van der Waals surface area contributed by atoms with E-state index in [-0.39, 0.29) is 24.0 Å². The lowest BCUT2D eigenvalue weighted by molar-refractivity contribution is 0.0525. The molecule has 26 heavy (non-hydrogen) atoms. The molecule has 4 rings (SSSR count). The van der Waals surface area contributed by atoms with Crippen LogP contribution in [0.1, 0.15) is 47.0 Å². The van der Waals surface area contributed by atoms with Crippen molar-refractivity contribution < 1.29 is 14.3 Å². The average Bonchev–Trinajstić information content (AvgIpc) is 3.11. The number of hydrogen-bond acceptors (Lipinski definition) is 4. The Labute approximate surface area is 162 Å². The molecular weight excluding hydrogens is 373 g/mol. The lowest BCUT2D eigenvalue weighted by atomic mass is 9.80. The minimum Gasteiger partial charge on any atom is -0.462 e. The molecule has 0 radical (unpaired) electrons. The predicted molar refractivity (Wildman–Crippen MR) is 102 cm³/mol. The molecular formula is C20H19Cl2NO3. The maximum absolute atomic E-state index is 12.1. The lowest BCUT2D eigenvalue weighted by Gasteiger charge is -2.37. The van der Waals surface area contributed by atoms with Gasteiger partial charge in [-0.1, -0.05) is 29.3 Å². The Bertz CT molecular complexity index is 855. The van der Waals surface area contributed by atoms with Gasteiger partial charge in [0.2, 0.25) is 0 Å². The highest BCUT2D eigenvalue weighted by Gasteiger charge is 2.42. The minimum atomic E-state index is -0.312. The second kappa shape index (κ2) is 7.10. The van der Waals surface area contributed by atoms with Crippen LogP contribution in [0.3, 0.4) is 0 Å². The number of nitrogens with one attached hydrogen (secondary N) is 1. The first kappa shape index (κ1) is 17.7. The highest BCUT2D eigenvalue weighted by atomic mass is 35.5. The van der Waals surface area contributed by atoms with Gasteiger partial charge in [0, 0.05) is 33.8 Å². The van der Waals surface area contributed by atoms with Crippen LogP contribution in [-0.4, -0.2) is 19.2 Å². The summed E-state index contributed by atoms with van der Waals surface area (Å²) < 4.78 is 11.1. The summed E-state index contributed by atoms with van der Waals surface area (Å²) in [6.07, 6.45) is 0.849. The molecule has 0 amide bonds. The van der Waals surface area contributed by atoms with Crippen molar-refractivity contribution in [2.45, 2.75) is 25.5 Å². The van der Waals surface area contributed by atoms with E-state index in [0.29, 0.717) is 28.8 Å². The van der Waals surface area contributed by atoms with Gasteiger partial charge in [-0.15, -0.1) is 0 Å². The van der Waals surface area contributed by atoms with Gasteiger partial charge in [-0.05, 0) is 49.2 Å². The number of anilines is 1. The van der Waals surface area contributed by atoms with Crippen molar-refractivity contribution in [2.75, 3.05) is 18.5 Å². The second-order valence-corrected chi connectivity index (χ2v) is 7.40. The van der Waals surface area contributed by atoms with E-state index >= 15 is 0 Å². The molecule has 2 aromatic rings. The standard InChI is InChI=1S/C20H19Cl2NO3/c1-2-25-20(24)11-3-6-17-15(9-11)19-14(7-8-26-19)18(23-17)13-5-4-12(21)10-16(13)22/h3-6,9-10,14,18-19,23H,2,7-8H2,1H3/t14-,18+,19-/m1/s1. The summed E-state index contributed by atoms with van der Waals surface area (Å²) in [6.45, 7) is 2.84. The van der Waals surface area contributed by atoms with Crippen molar-refractivity contribution in [3.63, 3.8) is 0 Å². The van der Waals surface area contributed by atoms with E-state index < -0.39 is 0 Å². The van der Waals surface area contributed by atoms with E-state index in [1.807, 2.05) is 24.3 Å². The molecule has 2 heterocycles. The zero-order valence-corrected chi connectivity index (χ0v) is 15.8. The molecule has 0 aromatic heterocycles. The van der Waals surface area contributed by atoms with Gasteiger partial charge in [-0.2, -0.15) is 0 Å². The topological polar surface area (TPSA) is 47.6 Å². The normalized spacial score (nSPS) is 23.7. The van der Waals surface area contributed by atoms with Crippen LogP contribution in [0.15, 0.2) is 36.4 Å². The molecule has 2 aliphatic rings. The van der Waals surface area contributed by atoms with Crippen molar-refractivity contribution in [3.05, 3.63) is 63.1 Å². The maximum Gasteiger partial charge on any atom is 0.338 e. The number of rotatable bonds is 3. The number of carbonyl (C=O) groups is 1. The van der Waals surface area contributed by atoms with Gasteiger partial charge in [0.05, 0.1) is 24.3 Å². The summed E-state index contributed by atoms with van der Waals surface area (Å²) in [7, 11) is 0. The Balaban J connectivity index is 1.72. The number of hydrogen-bond donors (Lipinski definition) is 1. The number of ether oxygens (including phenoxy) is 2. The molecule has 0 spiro atoms. The van der Waals surface area contributed by atoms with E-state index in [0.717, 1.165) is 23.2 Å². The molecule has 3 atom stereocenters. The summed E-state index contributed by atoms with van der Waals surface area (Å²) in [5, 5.41) is 4.85. The number of benzene rings is 2. The third kappa shape index (κ3) is 3.07. The molecule has 1 N–H and O–H groups in total. The zero-order valence-electron chi connectivity index (χ0n) is 14.3. The summed E-state index contributed by atoms with van der Waals surface area (Å²) in [5.41, 5.74) is 3.51. The van der Waals surface area contributed by atoms with Gasteiger partial charge < -0.3 is 14.8 Å². The van der Waals surface area contributed by atoms with Crippen LogP contribution < -0.4 is 5.32 Å². The molecule has 0 unspecified atom stereocenters. The van der Waals surface area contributed by atoms with Crippen LogP contribution in [0, 0.1) is 5.92 Å². The van der Waals surface area contributed by atoms with Crippen molar-refractivity contribution in [3.8, 4) is 0 Å². The second-order valence-electron chi connectivity index (χ2n) is 6.55. The molecule has 4 nitrogen and oxygen atoms in total. The largest absolute Gasteiger partial charge is 0.462 e. The molecule has 0 saturated carbocycles. The average molecular weight is 392 g/mol. The Morgan fingerprint density at radius 1 is 1.23 bits per heavy atom. The van der Waals surface area contributed by atoms with E-state index in [1.54, 1.807) is 19.1 Å². The predicted octanol–water partition coefficient (Wildman–Crippen LogP) is 5.41. The van der Waals surface area contributed by atoms with Crippen LogP contribution in [0.25, 0.3) is 0 Å². The summed E-state index contributed by atoms with van der Waals surface area (Å²) >= 11 is 12.5. The zero-order chi connectivity index (χ0) is 18.3. The number of fused-ring (bicyclic) bond motifs is 3. The minimum absolute atomic E-state index is 0.0354. The first-order chi connectivity index (χ1) is 12.6. The Morgan fingerprint density at radius 2 is 2.08 bits per heavy atom. The van der Waals surface area contributed by atoms with Gasteiger partial charge in [0.1, 0.15) is 0 Å². The first-order valence-electron chi connectivity index (χ1n) is 8.72. The fraction of sp³-hybridized carbons (Fsp3) is 0.350. The van der Waals surface area contributed by atoms with Crippen molar-refractivity contribution in [2.24, 2.45) is 5.92 Å². The highest BCUT2D eigenvalue weighted by Crippen LogP contribution is 2.51. The van der Waals surface area contributed by atoms with E-state index in [2.05, 4.69) is 5.32 Å². The summed E-state index contributed by atoms with van der Waals surface area (Å²) in [4.78, 5) is 12.1. The highest BCUT2D eigenvalue weighted by molar-refractivity contribution is 6.35. The number of carbonyl (C=O) groups excluding carboxylic acids is 1. The van der Waals surface area contributed by atoms with Gasteiger partial charge in [-0.3, -0.25) is 0 Å². The van der Waals surface area contributed by atoms with Crippen LogP contribution >= 0.6 is 23.2 Å². The Morgan fingerprint density at radius 3 is 2.85 bits per heavy atom. The van der Waals surface area contributed by atoms with Crippen LogP contribution in [0.5, 0.6) is 0 Å². The fourth-order valence-electron chi connectivity index (χ4n) is 3.88. The summed E-state index contributed by atoms with van der Waals surface area (Å²) in [5.74, 6) is -0.0775. The Hall–Kier alpha value is -1.75. The molecule has 136 valence electrons. The van der Waals surface area contributed by atoms with Crippen molar-refractivity contribution in [1.29, 1.82) is 0 Å². The smallest absolute Gasteiger partial charge is 0.338 e. The van der Waals surface area contributed by atoms with Gasteiger partial charge in [-0.25, -0.2) is 4.79 Å². The number of halogens is 2. The molecule has 2 aromatic carbocycles. The maximum atomic E-state index is 12.1. The van der Waals surface area contributed by atoms with Gasteiger partial charge >= 0.3 is 5.97 Å². The van der Waals surface area contributed by atoms with E-state index in [1.165, 1.54) is 0 Å². The monoisotopic (exact) mass is 391 g/mol. The Kier molecular flexibility index (Phi) is 4.82. The van der Waals surface area contributed by atoms with Crippen molar-refractivity contribution in [1.82, 2.24) is 0 Å². The number of esters is 1. The first-order valence-corrected chi connectivity index (χ1v) is 9.48.